The Labute approximate surface area is 112 Å². The van der Waals surface area contributed by atoms with E-state index < -0.39 is 0 Å². The standard InChI is InChI=1S/C13H20N2O2S/c1-10-8-11(2)13(15(16)17)9-12(10)14-6-4-5-7-18-3/h8-9,14H,4-7H2,1-3H3. The molecule has 0 fully saturated rings. The minimum absolute atomic E-state index is 0.187. The van der Waals surface area contributed by atoms with Crippen LogP contribution in [0.5, 0.6) is 0 Å². The first-order valence-electron chi connectivity index (χ1n) is 6.04. The van der Waals surface area contributed by atoms with E-state index in [1.807, 2.05) is 24.8 Å². The second kappa shape index (κ2) is 7.26. The average Bonchev–Trinajstić information content (AvgIpc) is 2.30. The number of nitrogens with zero attached hydrogens (tertiary/aromatic N) is 1. The Morgan fingerprint density at radius 2 is 2.00 bits per heavy atom. The normalized spacial score (nSPS) is 10.4. The molecule has 0 atom stereocenters. The van der Waals surface area contributed by atoms with Crippen LogP contribution in [-0.4, -0.2) is 23.5 Å². The van der Waals surface area contributed by atoms with E-state index in [0.717, 1.165) is 30.0 Å². The number of nitrogens with one attached hydrogen (secondary N) is 1. The van der Waals surface area contributed by atoms with Crippen molar-refractivity contribution in [3.8, 4) is 0 Å². The monoisotopic (exact) mass is 268 g/mol. The molecule has 100 valence electrons. The van der Waals surface area contributed by atoms with Gasteiger partial charge in [-0.05, 0) is 50.3 Å². The highest BCUT2D eigenvalue weighted by molar-refractivity contribution is 7.98. The van der Waals surface area contributed by atoms with Crippen molar-refractivity contribution in [1.82, 2.24) is 0 Å². The van der Waals surface area contributed by atoms with Gasteiger partial charge in [0.05, 0.1) is 4.92 Å². The van der Waals surface area contributed by atoms with Gasteiger partial charge in [0.25, 0.3) is 5.69 Å². The number of anilines is 1. The van der Waals surface area contributed by atoms with Gasteiger partial charge in [0, 0.05) is 23.9 Å². The third-order valence-electron chi connectivity index (χ3n) is 2.83. The van der Waals surface area contributed by atoms with E-state index in [-0.39, 0.29) is 10.6 Å². The number of thioether (sulfide) groups is 1. The first-order chi connectivity index (χ1) is 8.56. The van der Waals surface area contributed by atoms with Gasteiger partial charge in [0.2, 0.25) is 0 Å². The summed E-state index contributed by atoms with van der Waals surface area (Å²) < 4.78 is 0. The van der Waals surface area contributed by atoms with Crippen LogP contribution in [0.2, 0.25) is 0 Å². The fourth-order valence-electron chi connectivity index (χ4n) is 1.82. The lowest BCUT2D eigenvalue weighted by Gasteiger charge is -2.10. The minimum atomic E-state index is -0.326. The molecule has 1 rings (SSSR count). The van der Waals surface area contributed by atoms with Gasteiger partial charge in [-0.25, -0.2) is 0 Å². The number of unbranched alkanes of at least 4 members (excludes halogenated alkanes) is 1. The van der Waals surface area contributed by atoms with E-state index in [4.69, 9.17) is 0 Å². The number of hydrogen-bond acceptors (Lipinski definition) is 4. The quantitative estimate of drug-likeness (QED) is 0.464. The number of aryl methyl sites for hydroxylation is 2. The highest BCUT2D eigenvalue weighted by atomic mass is 32.2. The van der Waals surface area contributed by atoms with Gasteiger partial charge in [-0.2, -0.15) is 11.8 Å². The molecular weight excluding hydrogens is 248 g/mol. The second-order valence-corrected chi connectivity index (χ2v) is 5.32. The zero-order valence-electron chi connectivity index (χ0n) is 11.2. The van der Waals surface area contributed by atoms with Crippen LogP contribution in [0.25, 0.3) is 0 Å². The zero-order chi connectivity index (χ0) is 13.5. The van der Waals surface area contributed by atoms with Gasteiger partial charge in [-0.15, -0.1) is 0 Å². The Hall–Kier alpha value is -1.23. The van der Waals surface area contributed by atoms with Crippen molar-refractivity contribution in [2.75, 3.05) is 23.9 Å². The number of benzene rings is 1. The number of hydrogen-bond donors (Lipinski definition) is 1. The number of nitro groups is 1. The van der Waals surface area contributed by atoms with E-state index in [2.05, 4.69) is 11.6 Å². The molecule has 0 unspecified atom stereocenters. The molecule has 0 aliphatic carbocycles. The van der Waals surface area contributed by atoms with Gasteiger partial charge >= 0.3 is 0 Å². The number of rotatable bonds is 7. The van der Waals surface area contributed by atoms with E-state index in [1.165, 1.54) is 6.42 Å². The van der Waals surface area contributed by atoms with Crippen molar-refractivity contribution in [2.45, 2.75) is 26.7 Å². The molecule has 0 bridgehead atoms. The van der Waals surface area contributed by atoms with Crippen molar-refractivity contribution in [2.24, 2.45) is 0 Å². The van der Waals surface area contributed by atoms with Crippen LogP contribution >= 0.6 is 11.8 Å². The predicted molar refractivity (Wildman–Crippen MR) is 78.7 cm³/mol. The van der Waals surface area contributed by atoms with E-state index in [0.29, 0.717) is 5.56 Å². The van der Waals surface area contributed by atoms with E-state index >= 15 is 0 Å². The van der Waals surface area contributed by atoms with Crippen LogP contribution in [-0.2, 0) is 0 Å². The molecular formula is C13H20N2O2S. The van der Waals surface area contributed by atoms with Crippen LogP contribution in [0.15, 0.2) is 12.1 Å². The zero-order valence-corrected chi connectivity index (χ0v) is 12.0. The SMILES string of the molecule is CSCCCCNc1cc([N+](=O)[O-])c(C)cc1C. The fraction of sp³-hybridized carbons (Fsp3) is 0.538. The Balaban J connectivity index is 2.65. The molecule has 0 aliphatic heterocycles. The molecule has 0 radical (unpaired) electrons. The lowest BCUT2D eigenvalue weighted by Crippen LogP contribution is -2.05. The van der Waals surface area contributed by atoms with Crippen LogP contribution in [0, 0.1) is 24.0 Å². The summed E-state index contributed by atoms with van der Waals surface area (Å²) in [5.41, 5.74) is 2.83. The summed E-state index contributed by atoms with van der Waals surface area (Å²) in [5.74, 6) is 1.16. The Bertz CT molecular complexity index is 422. The Kier molecular flexibility index (Phi) is 5.98. The topological polar surface area (TPSA) is 55.2 Å². The van der Waals surface area contributed by atoms with Gasteiger partial charge in [0.15, 0.2) is 0 Å². The molecule has 1 N–H and O–H groups in total. The van der Waals surface area contributed by atoms with Crippen molar-refractivity contribution < 1.29 is 4.92 Å². The smallest absolute Gasteiger partial charge is 0.274 e. The first kappa shape index (κ1) is 14.8. The van der Waals surface area contributed by atoms with Crippen molar-refractivity contribution in [3.05, 3.63) is 33.4 Å². The summed E-state index contributed by atoms with van der Waals surface area (Å²) in [6.07, 6.45) is 4.35. The van der Waals surface area contributed by atoms with Crippen LogP contribution in [0.3, 0.4) is 0 Å². The fourth-order valence-corrected chi connectivity index (χ4v) is 2.32. The molecule has 1 aromatic rings. The van der Waals surface area contributed by atoms with E-state index in [1.54, 1.807) is 13.0 Å². The van der Waals surface area contributed by atoms with Crippen molar-refractivity contribution in [1.29, 1.82) is 0 Å². The maximum Gasteiger partial charge on any atom is 0.274 e. The summed E-state index contributed by atoms with van der Waals surface area (Å²) in [6.45, 7) is 4.61. The molecule has 0 amide bonds. The molecule has 0 saturated heterocycles. The highest BCUT2D eigenvalue weighted by Crippen LogP contribution is 2.26. The molecule has 0 aromatic heterocycles. The van der Waals surface area contributed by atoms with Gasteiger partial charge in [-0.1, -0.05) is 0 Å². The number of nitro benzene ring substituents is 1. The Morgan fingerprint density at radius 1 is 1.28 bits per heavy atom. The molecule has 5 heteroatoms. The summed E-state index contributed by atoms with van der Waals surface area (Å²) in [6, 6.07) is 3.50. The largest absolute Gasteiger partial charge is 0.385 e. The average molecular weight is 268 g/mol. The van der Waals surface area contributed by atoms with Gasteiger partial charge < -0.3 is 5.32 Å². The Morgan fingerprint density at radius 3 is 2.61 bits per heavy atom. The lowest BCUT2D eigenvalue weighted by atomic mass is 10.1. The summed E-state index contributed by atoms with van der Waals surface area (Å²) >= 11 is 1.84. The third-order valence-corrected chi connectivity index (χ3v) is 3.53. The summed E-state index contributed by atoms with van der Waals surface area (Å²) in [4.78, 5) is 10.5. The third kappa shape index (κ3) is 4.22. The highest BCUT2D eigenvalue weighted by Gasteiger charge is 2.13. The van der Waals surface area contributed by atoms with Crippen LogP contribution in [0.1, 0.15) is 24.0 Å². The van der Waals surface area contributed by atoms with Crippen molar-refractivity contribution in [3.63, 3.8) is 0 Å². The predicted octanol–water partition coefficient (Wildman–Crippen LogP) is 3.77. The first-order valence-corrected chi connectivity index (χ1v) is 7.44. The van der Waals surface area contributed by atoms with E-state index in [9.17, 15) is 10.1 Å². The lowest BCUT2D eigenvalue weighted by molar-refractivity contribution is -0.385. The molecule has 0 spiro atoms. The maximum absolute atomic E-state index is 10.9. The molecule has 1 aromatic carbocycles. The second-order valence-electron chi connectivity index (χ2n) is 4.34. The molecule has 0 aliphatic rings. The van der Waals surface area contributed by atoms with Crippen LogP contribution < -0.4 is 5.32 Å². The minimum Gasteiger partial charge on any atom is -0.385 e. The summed E-state index contributed by atoms with van der Waals surface area (Å²) in [7, 11) is 0. The van der Waals surface area contributed by atoms with Crippen LogP contribution in [0.4, 0.5) is 11.4 Å². The molecule has 4 nitrogen and oxygen atoms in total. The maximum atomic E-state index is 10.9. The van der Waals surface area contributed by atoms with Gasteiger partial charge in [0.1, 0.15) is 0 Å². The molecule has 18 heavy (non-hydrogen) atoms. The molecule has 0 saturated carbocycles. The van der Waals surface area contributed by atoms with Crippen molar-refractivity contribution >= 4 is 23.1 Å². The molecule has 0 heterocycles. The van der Waals surface area contributed by atoms with Gasteiger partial charge in [-0.3, -0.25) is 10.1 Å². The summed E-state index contributed by atoms with van der Waals surface area (Å²) in [5, 5.41) is 14.2.